The second kappa shape index (κ2) is 71.1. The van der Waals surface area contributed by atoms with E-state index in [9.17, 15) is 43.2 Å². The summed E-state index contributed by atoms with van der Waals surface area (Å²) < 4.78 is 68.4. The third-order valence-corrected chi connectivity index (χ3v) is 17.7. The van der Waals surface area contributed by atoms with Crippen LogP contribution < -0.4 is 0 Å². The summed E-state index contributed by atoms with van der Waals surface area (Å²) in [5.41, 5.74) is 0. The first-order valence-electron chi connectivity index (χ1n) is 38.1. The molecule has 0 heterocycles. The summed E-state index contributed by atoms with van der Waals surface area (Å²) in [6, 6.07) is 0. The normalized spacial score (nSPS) is 14.6. The van der Waals surface area contributed by atoms with Crippen LogP contribution in [0.25, 0.3) is 0 Å². The van der Waals surface area contributed by atoms with E-state index in [2.05, 4.69) is 137 Å². The maximum Gasteiger partial charge on any atom is 0.472 e. The van der Waals surface area contributed by atoms with Crippen molar-refractivity contribution in [2.24, 2.45) is 0 Å². The Morgan fingerprint density at radius 3 is 0.837 bits per heavy atom. The smallest absolute Gasteiger partial charge is 0.462 e. The molecule has 0 aromatic heterocycles. The molecule has 564 valence electrons. The van der Waals surface area contributed by atoms with Gasteiger partial charge in [-0.2, -0.15) is 0 Å². The molecular formula is C79H136O17P2. The Bertz CT molecular complexity index is 2290. The first-order valence-corrected chi connectivity index (χ1v) is 41.1. The van der Waals surface area contributed by atoms with E-state index in [1.54, 1.807) is 0 Å². The van der Waals surface area contributed by atoms with Crippen molar-refractivity contribution in [3.05, 3.63) is 109 Å². The Morgan fingerprint density at radius 1 is 0.296 bits per heavy atom. The van der Waals surface area contributed by atoms with Crippen LogP contribution >= 0.6 is 15.6 Å². The van der Waals surface area contributed by atoms with Gasteiger partial charge in [-0.1, -0.05) is 285 Å². The Hall–Kier alpha value is -4.28. The summed E-state index contributed by atoms with van der Waals surface area (Å²) in [4.78, 5) is 72.8. The third-order valence-electron chi connectivity index (χ3n) is 15.8. The molecule has 0 aliphatic rings. The van der Waals surface area contributed by atoms with Gasteiger partial charge in [0.1, 0.15) is 19.3 Å². The van der Waals surface area contributed by atoms with Gasteiger partial charge in [0, 0.05) is 25.7 Å². The molecule has 0 saturated heterocycles. The van der Waals surface area contributed by atoms with E-state index >= 15 is 0 Å². The Morgan fingerprint density at radius 2 is 0.531 bits per heavy atom. The minimum atomic E-state index is -4.98. The van der Waals surface area contributed by atoms with Gasteiger partial charge in [0.15, 0.2) is 12.2 Å². The molecule has 19 heteroatoms. The van der Waals surface area contributed by atoms with Crippen LogP contribution in [0.5, 0.6) is 0 Å². The molecule has 0 amide bonds. The number of phosphoric ester groups is 2. The van der Waals surface area contributed by atoms with Crippen molar-refractivity contribution in [2.45, 2.75) is 329 Å². The number of rotatable bonds is 71. The summed E-state index contributed by atoms with van der Waals surface area (Å²) in [6.45, 7) is 4.57. The summed E-state index contributed by atoms with van der Waals surface area (Å²) in [5, 5.41) is 10.6. The van der Waals surface area contributed by atoms with Gasteiger partial charge >= 0.3 is 39.5 Å². The zero-order valence-corrected chi connectivity index (χ0v) is 63.2. The van der Waals surface area contributed by atoms with Crippen LogP contribution in [0.2, 0.25) is 0 Å². The van der Waals surface area contributed by atoms with Crippen LogP contribution in [0.3, 0.4) is 0 Å². The lowest BCUT2D eigenvalue weighted by Gasteiger charge is -2.21. The second-order valence-electron chi connectivity index (χ2n) is 25.2. The number of aliphatic hydroxyl groups excluding tert-OH is 1. The average Bonchev–Trinajstić information content (AvgIpc) is 1.00. The fraction of sp³-hybridized carbons (Fsp3) is 0.722. The number of phosphoric acid groups is 2. The standard InChI is InChI=1S/C79H136O17P2/c1-5-9-13-17-21-25-29-32-34-35-36-37-39-42-45-48-52-56-60-64-77(82)89-69-74(95-78(83)65-61-57-53-49-43-28-24-20-16-12-8-4)71-93-97(85,86)91-67-73(80)68-92-98(87,88)94-72-75(96-79(84)66-62-58-54-50-46-40-31-27-23-19-15-11-7-3)70-90-76(81)63-59-55-51-47-44-41-38-33-30-26-22-18-14-10-6-2/h9-10,13-14,21-22,25-26,32-34,36-38,42,44-45,47,73-75,80H,5-8,11-12,15-20,23-24,27-31,35,39-41,43,46,48-72H2,1-4H3,(H,85,86)(H,87,88)/b13-9-,14-10-,25-21-,26-22-,34-32-,37-36-,38-33-,45-42-,47-44-. The minimum Gasteiger partial charge on any atom is -0.462 e. The SMILES string of the molecule is CC/C=C\C/C=C\C/C=C\C/C=C\C/C=C\CCCCCC(=O)OCC(COP(=O)(O)OCC(O)COP(=O)(O)OCC(COC(=O)CCCC/C=C\C/C=C\C/C=C\C/C=C\CC)OC(=O)CCCCCCCCCCCCCCC)OC(=O)CCCCCCCCCCCCC. The molecule has 0 aliphatic carbocycles. The molecule has 5 unspecified atom stereocenters. The van der Waals surface area contributed by atoms with Gasteiger partial charge in [0.25, 0.3) is 0 Å². The van der Waals surface area contributed by atoms with Gasteiger partial charge in [-0.25, -0.2) is 9.13 Å². The first-order chi connectivity index (χ1) is 47.7. The quantitative estimate of drug-likeness (QED) is 0.0169. The number of unbranched alkanes of at least 4 members (excludes halogenated alkanes) is 27. The zero-order valence-electron chi connectivity index (χ0n) is 61.4. The molecule has 0 spiro atoms. The lowest BCUT2D eigenvalue weighted by Crippen LogP contribution is -2.30. The maximum atomic E-state index is 13.1. The van der Waals surface area contributed by atoms with E-state index in [0.717, 1.165) is 141 Å². The van der Waals surface area contributed by atoms with Crippen LogP contribution in [-0.4, -0.2) is 96.7 Å². The number of carbonyl (C=O) groups is 4. The second-order valence-corrected chi connectivity index (χ2v) is 28.1. The number of ether oxygens (including phenoxy) is 4. The van der Waals surface area contributed by atoms with Crippen molar-refractivity contribution in [3.8, 4) is 0 Å². The monoisotopic (exact) mass is 1420 g/mol. The van der Waals surface area contributed by atoms with Crippen molar-refractivity contribution >= 4 is 39.5 Å². The topological polar surface area (TPSA) is 237 Å². The largest absolute Gasteiger partial charge is 0.472 e. The third kappa shape index (κ3) is 70.2. The van der Waals surface area contributed by atoms with E-state index in [-0.39, 0.29) is 25.7 Å². The highest BCUT2D eigenvalue weighted by molar-refractivity contribution is 7.47. The molecule has 0 radical (unpaired) electrons. The van der Waals surface area contributed by atoms with E-state index in [1.165, 1.54) is 89.9 Å². The molecule has 0 bridgehead atoms. The summed E-state index contributed by atoms with van der Waals surface area (Å²) >= 11 is 0. The van der Waals surface area contributed by atoms with E-state index in [1.807, 2.05) is 0 Å². The van der Waals surface area contributed by atoms with Crippen molar-refractivity contribution < 1.29 is 80.2 Å². The molecule has 0 aromatic carbocycles. The van der Waals surface area contributed by atoms with Crippen molar-refractivity contribution in [1.29, 1.82) is 0 Å². The molecule has 3 N–H and O–H groups in total. The van der Waals surface area contributed by atoms with Crippen molar-refractivity contribution in [1.82, 2.24) is 0 Å². The highest BCUT2D eigenvalue weighted by Gasteiger charge is 2.30. The van der Waals surface area contributed by atoms with Gasteiger partial charge in [-0.05, 0) is 109 Å². The lowest BCUT2D eigenvalue weighted by atomic mass is 10.0. The van der Waals surface area contributed by atoms with E-state index < -0.39 is 97.5 Å². The molecular weight excluding hydrogens is 1280 g/mol. The summed E-state index contributed by atoms with van der Waals surface area (Å²) in [5.74, 6) is -2.25. The zero-order chi connectivity index (χ0) is 71.8. The molecule has 17 nitrogen and oxygen atoms in total. The number of carbonyl (C=O) groups excluding carboxylic acids is 4. The van der Waals surface area contributed by atoms with Gasteiger partial charge in [0.2, 0.25) is 0 Å². The number of hydrogen-bond donors (Lipinski definition) is 3. The van der Waals surface area contributed by atoms with Crippen molar-refractivity contribution in [2.75, 3.05) is 39.6 Å². The van der Waals surface area contributed by atoms with Gasteiger partial charge in [-0.15, -0.1) is 0 Å². The number of esters is 4. The average molecular weight is 1420 g/mol. The summed E-state index contributed by atoms with van der Waals surface area (Å²) in [7, 11) is -9.96. The number of allylic oxidation sites excluding steroid dienone is 18. The summed E-state index contributed by atoms with van der Waals surface area (Å²) in [6.07, 6.45) is 75.2. The fourth-order valence-electron chi connectivity index (χ4n) is 10.0. The van der Waals surface area contributed by atoms with Crippen LogP contribution in [-0.2, 0) is 65.4 Å². The predicted molar refractivity (Wildman–Crippen MR) is 399 cm³/mol. The Labute approximate surface area is 594 Å². The predicted octanol–water partition coefficient (Wildman–Crippen LogP) is 21.8. The highest BCUT2D eigenvalue weighted by atomic mass is 31.2. The van der Waals surface area contributed by atoms with Crippen molar-refractivity contribution in [3.63, 3.8) is 0 Å². The Kier molecular flexibility index (Phi) is 68.0. The van der Waals surface area contributed by atoms with E-state index in [4.69, 9.17) is 37.0 Å². The minimum absolute atomic E-state index is 0.0878. The van der Waals surface area contributed by atoms with Gasteiger partial charge in [-0.3, -0.25) is 37.3 Å². The molecule has 5 atom stereocenters. The highest BCUT2D eigenvalue weighted by Crippen LogP contribution is 2.45. The molecule has 0 aliphatic heterocycles. The maximum absolute atomic E-state index is 13.1. The van der Waals surface area contributed by atoms with Crippen LogP contribution in [0.4, 0.5) is 0 Å². The number of aliphatic hydroxyl groups is 1. The van der Waals surface area contributed by atoms with Crippen LogP contribution in [0.15, 0.2) is 109 Å². The van der Waals surface area contributed by atoms with Gasteiger partial charge in [0.05, 0.1) is 26.4 Å². The molecule has 0 saturated carbocycles. The first kappa shape index (κ1) is 93.7. The molecule has 98 heavy (non-hydrogen) atoms. The van der Waals surface area contributed by atoms with Crippen LogP contribution in [0, 0.1) is 0 Å². The molecule has 0 rings (SSSR count). The van der Waals surface area contributed by atoms with E-state index in [0.29, 0.717) is 25.7 Å². The molecule has 0 aromatic rings. The van der Waals surface area contributed by atoms with Crippen LogP contribution in [0.1, 0.15) is 310 Å². The molecule has 0 fully saturated rings. The number of hydrogen-bond acceptors (Lipinski definition) is 15. The lowest BCUT2D eigenvalue weighted by molar-refractivity contribution is -0.161. The van der Waals surface area contributed by atoms with Gasteiger partial charge < -0.3 is 33.8 Å². The fourth-order valence-corrected chi connectivity index (χ4v) is 11.6. The Balaban J connectivity index is 5.35.